The zero-order valence-electron chi connectivity index (χ0n) is 13.9. The number of sulfonamides is 1. The molecule has 1 saturated heterocycles. The molecule has 0 saturated carbocycles. The highest BCUT2D eigenvalue weighted by molar-refractivity contribution is 7.89. The van der Waals surface area contributed by atoms with Crippen LogP contribution in [-0.4, -0.2) is 50.3 Å². The largest absolute Gasteiger partial charge is 0.417 e. The van der Waals surface area contributed by atoms with Gasteiger partial charge in [-0.05, 0) is 51.0 Å². The van der Waals surface area contributed by atoms with Gasteiger partial charge in [-0.2, -0.15) is 17.5 Å². The standard InChI is InChI=1S/C16H23F3N2O2S/c1-3-10-21-11-8-13(9-12-21)20(2)24(22,23)15-7-5-4-6-14(15)16(17,18)19/h4-7,13H,3,8-12H2,1-2H3. The van der Waals surface area contributed by atoms with Crippen molar-refractivity contribution in [3.63, 3.8) is 0 Å². The highest BCUT2D eigenvalue weighted by Crippen LogP contribution is 2.35. The lowest BCUT2D eigenvalue weighted by Crippen LogP contribution is -2.45. The normalized spacial score (nSPS) is 18.2. The summed E-state index contributed by atoms with van der Waals surface area (Å²) in [7, 11) is -2.81. The van der Waals surface area contributed by atoms with E-state index in [2.05, 4.69) is 11.8 Å². The second-order valence-electron chi connectivity index (χ2n) is 6.09. The summed E-state index contributed by atoms with van der Waals surface area (Å²) in [6, 6.07) is 4.08. The van der Waals surface area contributed by atoms with Crippen LogP contribution in [0.5, 0.6) is 0 Å². The first-order valence-corrected chi connectivity index (χ1v) is 9.48. The van der Waals surface area contributed by atoms with Crippen molar-refractivity contribution in [1.29, 1.82) is 0 Å². The predicted molar refractivity (Wildman–Crippen MR) is 86.1 cm³/mol. The van der Waals surface area contributed by atoms with Crippen molar-refractivity contribution in [2.75, 3.05) is 26.7 Å². The minimum Gasteiger partial charge on any atom is -0.303 e. The summed E-state index contributed by atoms with van der Waals surface area (Å²) in [5.41, 5.74) is -1.11. The number of benzene rings is 1. The van der Waals surface area contributed by atoms with E-state index < -0.39 is 26.7 Å². The molecule has 0 N–H and O–H groups in total. The Morgan fingerprint density at radius 1 is 1.21 bits per heavy atom. The van der Waals surface area contributed by atoms with Gasteiger partial charge in [0, 0.05) is 13.1 Å². The van der Waals surface area contributed by atoms with Crippen LogP contribution in [0.25, 0.3) is 0 Å². The van der Waals surface area contributed by atoms with Crippen LogP contribution < -0.4 is 0 Å². The van der Waals surface area contributed by atoms with Crippen LogP contribution in [0.2, 0.25) is 0 Å². The molecule has 0 radical (unpaired) electrons. The van der Waals surface area contributed by atoms with E-state index in [4.69, 9.17) is 0 Å². The summed E-state index contributed by atoms with van der Waals surface area (Å²) >= 11 is 0. The summed E-state index contributed by atoms with van der Waals surface area (Å²) in [5, 5.41) is 0. The van der Waals surface area contributed by atoms with Gasteiger partial charge in [0.15, 0.2) is 0 Å². The first kappa shape index (κ1) is 19.2. The molecule has 1 aliphatic rings. The lowest BCUT2D eigenvalue weighted by atomic mass is 10.1. The average Bonchev–Trinajstić information content (AvgIpc) is 2.54. The molecule has 1 heterocycles. The summed E-state index contributed by atoms with van der Waals surface area (Å²) in [4.78, 5) is 1.58. The number of nitrogens with zero attached hydrogens (tertiary/aromatic N) is 2. The summed E-state index contributed by atoms with van der Waals surface area (Å²) in [6.45, 7) is 4.56. The van der Waals surface area contributed by atoms with E-state index in [9.17, 15) is 21.6 Å². The van der Waals surface area contributed by atoms with E-state index in [0.717, 1.165) is 42.5 Å². The second kappa shape index (κ2) is 7.41. The van der Waals surface area contributed by atoms with E-state index in [1.165, 1.54) is 19.2 Å². The molecule has 4 nitrogen and oxygen atoms in total. The van der Waals surface area contributed by atoms with Crippen LogP contribution in [0, 0.1) is 0 Å². The Hall–Kier alpha value is -1.12. The predicted octanol–water partition coefficient (Wildman–Crippen LogP) is 3.20. The van der Waals surface area contributed by atoms with Crippen molar-refractivity contribution in [3.8, 4) is 0 Å². The lowest BCUT2D eigenvalue weighted by Gasteiger charge is -2.36. The fourth-order valence-corrected chi connectivity index (χ4v) is 4.73. The zero-order chi connectivity index (χ0) is 18.0. The summed E-state index contributed by atoms with van der Waals surface area (Å²) in [6.07, 6.45) is -2.42. The molecule has 1 aromatic carbocycles. The molecule has 0 spiro atoms. The van der Waals surface area contributed by atoms with E-state index >= 15 is 0 Å². The quantitative estimate of drug-likeness (QED) is 0.806. The lowest BCUT2D eigenvalue weighted by molar-refractivity contribution is -0.139. The van der Waals surface area contributed by atoms with Gasteiger partial charge in [-0.25, -0.2) is 8.42 Å². The molecule has 2 rings (SSSR count). The van der Waals surface area contributed by atoms with Gasteiger partial charge in [0.25, 0.3) is 0 Å². The Balaban J connectivity index is 2.22. The molecular weight excluding hydrogens is 341 g/mol. The number of alkyl halides is 3. The number of likely N-dealkylation sites (tertiary alicyclic amines) is 1. The molecule has 136 valence electrons. The first-order valence-electron chi connectivity index (χ1n) is 8.04. The molecule has 1 fully saturated rings. The number of rotatable bonds is 5. The highest BCUT2D eigenvalue weighted by Gasteiger charge is 2.39. The third kappa shape index (κ3) is 4.10. The minimum absolute atomic E-state index is 0.274. The Bertz CT molecular complexity index is 654. The van der Waals surface area contributed by atoms with E-state index in [1.807, 2.05) is 0 Å². The molecule has 0 atom stereocenters. The van der Waals surface area contributed by atoms with Gasteiger partial charge < -0.3 is 4.90 Å². The van der Waals surface area contributed by atoms with E-state index in [1.54, 1.807) is 0 Å². The topological polar surface area (TPSA) is 40.6 Å². The molecule has 0 aromatic heterocycles. The Kier molecular flexibility index (Phi) is 5.93. The van der Waals surface area contributed by atoms with Gasteiger partial charge in [0.05, 0.1) is 10.5 Å². The number of hydrogen-bond donors (Lipinski definition) is 0. The van der Waals surface area contributed by atoms with E-state index in [0.29, 0.717) is 12.8 Å². The molecule has 0 bridgehead atoms. The van der Waals surface area contributed by atoms with Gasteiger partial charge in [-0.1, -0.05) is 19.1 Å². The fourth-order valence-electron chi connectivity index (χ4n) is 3.10. The van der Waals surface area contributed by atoms with Gasteiger partial charge in [0.2, 0.25) is 10.0 Å². The van der Waals surface area contributed by atoms with Gasteiger partial charge in [0.1, 0.15) is 0 Å². The van der Waals surface area contributed by atoms with Crippen LogP contribution in [0.3, 0.4) is 0 Å². The zero-order valence-corrected chi connectivity index (χ0v) is 14.7. The molecule has 0 amide bonds. The van der Waals surface area contributed by atoms with Crippen LogP contribution in [-0.2, 0) is 16.2 Å². The Morgan fingerprint density at radius 3 is 2.33 bits per heavy atom. The van der Waals surface area contributed by atoms with Crippen molar-refractivity contribution in [1.82, 2.24) is 9.21 Å². The maximum atomic E-state index is 13.1. The van der Waals surface area contributed by atoms with Crippen molar-refractivity contribution >= 4 is 10.0 Å². The van der Waals surface area contributed by atoms with Crippen LogP contribution >= 0.6 is 0 Å². The molecule has 8 heteroatoms. The summed E-state index contributed by atoms with van der Waals surface area (Å²) in [5.74, 6) is 0. The average molecular weight is 364 g/mol. The fraction of sp³-hybridized carbons (Fsp3) is 0.625. The maximum Gasteiger partial charge on any atom is 0.417 e. The highest BCUT2D eigenvalue weighted by atomic mass is 32.2. The molecule has 0 unspecified atom stereocenters. The third-order valence-electron chi connectivity index (χ3n) is 4.46. The second-order valence-corrected chi connectivity index (χ2v) is 8.05. The van der Waals surface area contributed by atoms with Crippen molar-refractivity contribution in [3.05, 3.63) is 29.8 Å². The number of piperidine rings is 1. The van der Waals surface area contributed by atoms with Crippen molar-refractivity contribution in [2.24, 2.45) is 0 Å². The van der Waals surface area contributed by atoms with Gasteiger partial charge in [-0.3, -0.25) is 0 Å². The molecule has 0 aliphatic carbocycles. The number of halogens is 3. The Labute approximate surface area is 141 Å². The van der Waals surface area contributed by atoms with Crippen LogP contribution in [0.15, 0.2) is 29.2 Å². The van der Waals surface area contributed by atoms with Gasteiger partial charge in [-0.15, -0.1) is 0 Å². The first-order chi connectivity index (χ1) is 11.2. The number of hydrogen-bond acceptors (Lipinski definition) is 3. The summed E-state index contributed by atoms with van der Waals surface area (Å²) < 4.78 is 65.9. The molecule has 1 aliphatic heterocycles. The third-order valence-corrected chi connectivity index (χ3v) is 6.43. The van der Waals surface area contributed by atoms with E-state index in [-0.39, 0.29) is 6.04 Å². The van der Waals surface area contributed by atoms with Crippen LogP contribution in [0.1, 0.15) is 31.7 Å². The van der Waals surface area contributed by atoms with Crippen molar-refractivity contribution < 1.29 is 21.6 Å². The Morgan fingerprint density at radius 2 is 1.79 bits per heavy atom. The van der Waals surface area contributed by atoms with Crippen LogP contribution in [0.4, 0.5) is 13.2 Å². The monoisotopic (exact) mass is 364 g/mol. The smallest absolute Gasteiger partial charge is 0.303 e. The molecular formula is C16H23F3N2O2S. The maximum absolute atomic E-state index is 13.1. The molecule has 1 aromatic rings. The van der Waals surface area contributed by atoms with Crippen molar-refractivity contribution in [2.45, 2.75) is 43.3 Å². The minimum atomic E-state index is -4.70. The van der Waals surface area contributed by atoms with Gasteiger partial charge >= 0.3 is 6.18 Å². The SMILES string of the molecule is CCCN1CCC(N(C)S(=O)(=O)c2ccccc2C(F)(F)F)CC1. The molecule has 24 heavy (non-hydrogen) atoms.